The monoisotopic (exact) mass is 484 g/mol. The predicted octanol–water partition coefficient (Wildman–Crippen LogP) is 5.28. The molecule has 1 saturated heterocycles. The van der Waals surface area contributed by atoms with Gasteiger partial charge in [0.1, 0.15) is 17.6 Å². The van der Waals surface area contributed by atoms with Gasteiger partial charge in [0, 0.05) is 37.2 Å². The molecule has 0 aliphatic carbocycles. The Bertz CT molecular complexity index is 1350. The largest absolute Gasteiger partial charge is 0.478 e. The zero-order chi connectivity index (χ0) is 24.5. The van der Waals surface area contributed by atoms with Crippen molar-refractivity contribution >= 4 is 34.7 Å². The zero-order valence-corrected chi connectivity index (χ0v) is 20.1. The van der Waals surface area contributed by atoms with Crippen LogP contribution in [-0.4, -0.2) is 35.3 Å². The van der Waals surface area contributed by atoms with E-state index in [-0.39, 0.29) is 17.6 Å². The first-order chi connectivity index (χ1) is 16.9. The number of carboxylic acids is 1. The molecule has 8 heteroatoms. The minimum Gasteiger partial charge on any atom is -0.478 e. The van der Waals surface area contributed by atoms with Gasteiger partial charge >= 0.3 is 5.97 Å². The van der Waals surface area contributed by atoms with Crippen LogP contribution in [-0.2, 0) is 0 Å². The van der Waals surface area contributed by atoms with E-state index >= 15 is 0 Å². The fourth-order valence-electron chi connectivity index (χ4n) is 4.28. The molecule has 1 aliphatic heterocycles. The minimum atomic E-state index is -0.962. The number of furan rings is 1. The van der Waals surface area contributed by atoms with Gasteiger partial charge in [-0.05, 0) is 72.9 Å². The molecule has 176 valence electrons. The van der Waals surface area contributed by atoms with E-state index in [4.69, 9.17) is 16.6 Å². The summed E-state index contributed by atoms with van der Waals surface area (Å²) < 4.78 is 6.34. The number of carbonyl (C=O) groups is 1. The molecule has 2 aromatic carbocycles. The second kappa shape index (κ2) is 9.23. The molecule has 3 heterocycles. The van der Waals surface area contributed by atoms with E-state index in [0.717, 1.165) is 28.4 Å². The Hall–Kier alpha value is -4.17. The summed E-state index contributed by atoms with van der Waals surface area (Å²) in [5.74, 6) is 0.413. The molecular formula is C27H24N4O3S. The van der Waals surface area contributed by atoms with Gasteiger partial charge in [0.05, 0.1) is 17.3 Å². The molecule has 2 unspecified atom stereocenters. The Morgan fingerprint density at radius 2 is 1.77 bits per heavy atom. The molecule has 0 bridgehead atoms. The number of carboxylic acid groups (broad SMARTS) is 1. The zero-order valence-electron chi connectivity index (χ0n) is 19.3. The average Bonchev–Trinajstić information content (AvgIpc) is 3.49. The number of aromatic nitrogens is 1. The molecule has 0 saturated carbocycles. The van der Waals surface area contributed by atoms with E-state index in [1.807, 2.05) is 61.5 Å². The lowest BCUT2D eigenvalue weighted by Gasteiger charge is -2.26. The van der Waals surface area contributed by atoms with Crippen molar-refractivity contribution in [3.8, 4) is 11.3 Å². The summed E-state index contributed by atoms with van der Waals surface area (Å²) in [6, 6.07) is 24.0. The van der Waals surface area contributed by atoms with Gasteiger partial charge in [-0.25, -0.2) is 4.79 Å². The molecule has 35 heavy (non-hydrogen) atoms. The lowest BCUT2D eigenvalue weighted by Crippen LogP contribution is -2.29. The number of rotatable bonds is 6. The first-order valence-electron chi connectivity index (χ1n) is 11.1. The van der Waals surface area contributed by atoms with Crippen LogP contribution in [0.15, 0.2) is 89.5 Å². The smallest absolute Gasteiger partial charge is 0.335 e. The quantitative estimate of drug-likeness (QED) is 0.358. The minimum absolute atomic E-state index is 0.217. The molecule has 0 amide bonds. The highest BCUT2D eigenvalue weighted by Gasteiger charge is 2.42. The van der Waals surface area contributed by atoms with E-state index in [9.17, 15) is 9.90 Å². The highest BCUT2D eigenvalue weighted by atomic mass is 32.1. The first kappa shape index (κ1) is 22.6. The van der Waals surface area contributed by atoms with E-state index in [0.29, 0.717) is 10.9 Å². The van der Waals surface area contributed by atoms with Gasteiger partial charge in [-0.15, -0.1) is 0 Å². The van der Waals surface area contributed by atoms with Crippen LogP contribution in [0.5, 0.6) is 0 Å². The third kappa shape index (κ3) is 4.36. The van der Waals surface area contributed by atoms with Crippen LogP contribution in [0, 0.1) is 0 Å². The Labute approximate surface area is 208 Å². The summed E-state index contributed by atoms with van der Waals surface area (Å²) >= 11 is 5.78. The standard InChI is InChI=1S/C27H24N4O3S/c1-30(2)19-10-12-20(13-11-19)31-25(24(29-27(31)35)21-5-3-4-16-28-21)23-15-14-22(34-23)17-6-8-18(9-7-17)26(32)33/h3-16,24-25H,1-2H3,(H,29,35)(H,32,33). The van der Waals surface area contributed by atoms with Crippen LogP contribution < -0.4 is 15.1 Å². The number of hydrogen-bond acceptors (Lipinski definition) is 5. The molecular weight excluding hydrogens is 460 g/mol. The first-order valence-corrected chi connectivity index (χ1v) is 11.5. The van der Waals surface area contributed by atoms with Crippen LogP contribution in [0.4, 0.5) is 11.4 Å². The number of nitrogens with zero attached hydrogens (tertiary/aromatic N) is 3. The second-order valence-corrected chi connectivity index (χ2v) is 8.88. The third-order valence-corrected chi connectivity index (χ3v) is 6.39. The van der Waals surface area contributed by atoms with Gasteiger partial charge in [0.15, 0.2) is 5.11 Å². The molecule has 0 radical (unpaired) electrons. The second-order valence-electron chi connectivity index (χ2n) is 8.49. The van der Waals surface area contributed by atoms with Gasteiger partial charge in [-0.2, -0.15) is 0 Å². The molecule has 2 atom stereocenters. The summed E-state index contributed by atoms with van der Waals surface area (Å²) in [7, 11) is 4.01. The summed E-state index contributed by atoms with van der Waals surface area (Å²) in [5.41, 5.74) is 3.92. The molecule has 0 spiro atoms. The van der Waals surface area contributed by atoms with Crippen molar-refractivity contribution < 1.29 is 14.3 Å². The van der Waals surface area contributed by atoms with Crippen LogP contribution in [0.25, 0.3) is 11.3 Å². The Balaban J connectivity index is 1.55. The van der Waals surface area contributed by atoms with Crippen molar-refractivity contribution in [2.24, 2.45) is 0 Å². The summed E-state index contributed by atoms with van der Waals surface area (Å²) in [5, 5.41) is 13.2. The Kier molecular flexibility index (Phi) is 5.96. The molecule has 2 aromatic heterocycles. The van der Waals surface area contributed by atoms with Crippen molar-refractivity contribution in [3.05, 3.63) is 102 Å². The van der Waals surface area contributed by atoms with Crippen LogP contribution in [0.2, 0.25) is 0 Å². The van der Waals surface area contributed by atoms with Crippen molar-refractivity contribution in [1.29, 1.82) is 0 Å². The van der Waals surface area contributed by atoms with E-state index in [2.05, 4.69) is 27.3 Å². The summed E-state index contributed by atoms with van der Waals surface area (Å²) in [4.78, 5) is 19.9. The highest BCUT2D eigenvalue weighted by molar-refractivity contribution is 7.80. The average molecular weight is 485 g/mol. The van der Waals surface area contributed by atoms with E-state index in [1.54, 1.807) is 30.5 Å². The Morgan fingerprint density at radius 3 is 2.40 bits per heavy atom. The number of thiocarbonyl (C=S) groups is 1. The topological polar surface area (TPSA) is 81.8 Å². The van der Waals surface area contributed by atoms with E-state index in [1.165, 1.54) is 0 Å². The normalized spacial score (nSPS) is 17.3. The summed E-state index contributed by atoms with van der Waals surface area (Å²) in [6.45, 7) is 0. The predicted molar refractivity (Wildman–Crippen MR) is 140 cm³/mol. The van der Waals surface area contributed by atoms with Gasteiger partial charge in [-0.1, -0.05) is 18.2 Å². The molecule has 2 N–H and O–H groups in total. The van der Waals surface area contributed by atoms with Gasteiger partial charge < -0.3 is 24.6 Å². The summed E-state index contributed by atoms with van der Waals surface area (Å²) in [6.07, 6.45) is 1.77. The number of pyridine rings is 1. The number of nitrogens with one attached hydrogen (secondary N) is 1. The van der Waals surface area contributed by atoms with Crippen molar-refractivity contribution in [3.63, 3.8) is 0 Å². The van der Waals surface area contributed by atoms with Gasteiger partial charge in [0.25, 0.3) is 0 Å². The third-order valence-electron chi connectivity index (χ3n) is 6.08. The van der Waals surface area contributed by atoms with Crippen molar-refractivity contribution in [2.45, 2.75) is 12.1 Å². The van der Waals surface area contributed by atoms with Crippen molar-refractivity contribution in [1.82, 2.24) is 10.3 Å². The number of hydrogen-bond donors (Lipinski definition) is 2. The maximum atomic E-state index is 11.2. The maximum Gasteiger partial charge on any atom is 0.335 e. The molecule has 5 rings (SSSR count). The van der Waals surface area contributed by atoms with Gasteiger partial charge in [0.2, 0.25) is 0 Å². The maximum absolute atomic E-state index is 11.2. The molecule has 1 fully saturated rings. The SMILES string of the molecule is CN(C)c1ccc(N2C(=S)NC(c3ccccn3)C2c2ccc(-c3ccc(C(=O)O)cc3)o2)cc1. The fraction of sp³-hybridized carbons (Fsp3) is 0.148. The number of benzene rings is 2. The Morgan fingerprint density at radius 1 is 1.03 bits per heavy atom. The van der Waals surface area contributed by atoms with Crippen LogP contribution in [0.3, 0.4) is 0 Å². The van der Waals surface area contributed by atoms with Gasteiger partial charge in [-0.3, -0.25) is 4.98 Å². The van der Waals surface area contributed by atoms with Crippen LogP contribution >= 0.6 is 12.2 Å². The molecule has 1 aliphatic rings. The van der Waals surface area contributed by atoms with Crippen molar-refractivity contribution in [2.75, 3.05) is 23.9 Å². The lowest BCUT2D eigenvalue weighted by molar-refractivity contribution is 0.0697. The van der Waals surface area contributed by atoms with Crippen LogP contribution in [0.1, 0.15) is 33.9 Å². The number of aromatic carboxylic acids is 1. The van der Waals surface area contributed by atoms with E-state index < -0.39 is 5.97 Å². The fourth-order valence-corrected chi connectivity index (χ4v) is 4.62. The molecule has 4 aromatic rings. The highest BCUT2D eigenvalue weighted by Crippen LogP contribution is 2.43. The number of anilines is 2. The lowest BCUT2D eigenvalue weighted by atomic mass is 10.0. The molecule has 7 nitrogen and oxygen atoms in total.